The molecule has 94 valence electrons. The standard InChI is InChI=1S/C12H15Cl2NO2/c1-17-12(16)5-4-10(15)6-8-2-3-9(13)7-11(8)14/h2-3,7,10H,4-6,15H2,1H3. The molecule has 5 heteroatoms. The summed E-state index contributed by atoms with van der Waals surface area (Å²) in [6, 6.07) is 5.19. The minimum Gasteiger partial charge on any atom is -0.469 e. The van der Waals surface area contributed by atoms with Crippen molar-refractivity contribution in [2.24, 2.45) is 5.73 Å². The molecule has 1 aromatic rings. The van der Waals surface area contributed by atoms with Crippen LogP contribution in [0.15, 0.2) is 18.2 Å². The van der Waals surface area contributed by atoms with Crippen LogP contribution in [-0.4, -0.2) is 19.1 Å². The van der Waals surface area contributed by atoms with Crippen LogP contribution in [0, 0.1) is 0 Å². The maximum absolute atomic E-state index is 11.0. The zero-order valence-corrected chi connectivity index (χ0v) is 11.1. The summed E-state index contributed by atoms with van der Waals surface area (Å²) in [6.45, 7) is 0. The lowest BCUT2D eigenvalue weighted by molar-refractivity contribution is -0.140. The van der Waals surface area contributed by atoms with E-state index in [0.717, 1.165) is 5.56 Å². The van der Waals surface area contributed by atoms with Gasteiger partial charge in [0.15, 0.2) is 0 Å². The van der Waals surface area contributed by atoms with Crippen LogP contribution in [0.3, 0.4) is 0 Å². The van der Waals surface area contributed by atoms with Crippen LogP contribution in [0.2, 0.25) is 10.0 Å². The molecule has 0 heterocycles. The van der Waals surface area contributed by atoms with Gasteiger partial charge < -0.3 is 10.5 Å². The fourth-order valence-corrected chi connectivity index (χ4v) is 1.96. The number of methoxy groups -OCH3 is 1. The highest BCUT2D eigenvalue weighted by Crippen LogP contribution is 2.22. The van der Waals surface area contributed by atoms with E-state index in [1.807, 2.05) is 6.07 Å². The number of halogens is 2. The molecule has 3 nitrogen and oxygen atoms in total. The van der Waals surface area contributed by atoms with Crippen LogP contribution in [0.25, 0.3) is 0 Å². The second-order valence-electron chi connectivity index (χ2n) is 3.81. The third kappa shape index (κ3) is 4.94. The molecule has 0 saturated heterocycles. The van der Waals surface area contributed by atoms with E-state index in [2.05, 4.69) is 4.74 Å². The van der Waals surface area contributed by atoms with Crippen molar-refractivity contribution in [3.63, 3.8) is 0 Å². The molecule has 2 N–H and O–H groups in total. The third-order valence-corrected chi connectivity index (χ3v) is 3.03. The molecule has 0 aliphatic heterocycles. The van der Waals surface area contributed by atoms with Crippen LogP contribution in [0.5, 0.6) is 0 Å². The van der Waals surface area contributed by atoms with Crippen molar-refractivity contribution in [2.75, 3.05) is 7.11 Å². The van der Waals surface area contributed by atoms with E-state index in [4.69, 9.17) is 28.9 Å². The molecule has 0 bridgehead atoms. The molecule has 0 aliphatic rings. The van der Waals surface area contributed by atoms with Gasteiger partial charge in [-0.15, -0.1) is 0 Å². The normalized spacial score (nSPS) is 12.2. The smallest absolute Gasteiger partial charge is 0.305 e. The summed E-state index contributed by atoms with van der Waals surface area (Å²) < 4.78 is 4.55. The average Bonchev–Trinajstić information content (AvgIpc) is 2.29. The molecule has 1 rings (SSSR count). The van der Waals surface area contributed by atoms with E-state index in [0.29, 0.717) is 29.3 Å². The Hall–Kier alpha value is -0.770. The Morgan fingerprint density at radius 2 is 2.18 bits per heavy atom. The van der Waals surface area contributed by atoms with Crippen LogP contribution >= 0.6 is 23.2 Å². The molecule has 0 amide bonds. The van der Waals surface area contributed by atoms with E-state index in [9.17, 15) is 4.79 Å². The lowest BCUT2D eigenvalue weighted by Crippen LogP contribution is -2.24. The van der Waals surface area contributed by atoms with Crippen LogP contribution in [-0.2, 0) is 16.0 Å². The number of nitrogens with two attached hydrogens (primary N) is 1. The summed E-state index contributed by atoms with van der Waals surface area (Å²) in [5.41, 5.74) is 6.85. The van der Waals surface area contributed by atoms with Gasteiger partial charge in [0.1, 0.15) is 0 Å². The summed E-state index contributed by atoms with van der Waals surface area (Å²) in [6.07, 6.45) is 1.52. The summed E-state index contributed by atoms with van der Waals surface area (Å²) >= 11 is 11.8. The summed E-state index contributed by atoms with van der Waals surface area (Å²) in [7, 11) is 1.37. The molecule has 0 radical (unpaired) electrons. The minimum atomic E-state index is -0.248. The third-order valence-electron chi connectivity index (χ3n) is 2.44. The maximum atomic E-state index is 11.0. The van der Waals surface area contributed by atoms with Gasteiger partial charge in [-0.1, -0.05) is 29.3 Å². The first kappa shape index (κ1) is 14.3. The quantitative estimate of drug-likeness (QED) is 0.841. The van der Waals surface area contributed by atoms with Crippen LogP contribution in [0.4, 0.5) is 0 Å². The number of benzene rings is 1. The van der Waals surface area contributed by atoms with Crippen molar-refractivity contribution in [3.05, 3.63) is 33.8 Å². The monoisotopic (exact) mass is 275 g/mol. The van der Waals surface area contributed by atoms with Crippen molar-refractivity contribution >= 4 is 29.2 Å². The zero-order chi connectivity index (χ0) is 12.8. The highest BCUT2D eigenvalue weighted by Gasteiger charge is 2.10. The molecule has 0 aromatic heterocycles. The Balaban J connectivity index is 2.50. The first-order valence-electron chi connectivity index (χ1n) is 5.29. The molecule has 0 spiro atoms. The molecule has 0 saturated carbocycles. The highest BCUT2D eigenvalue weighted by molar-refractivity contribution is 6.35. The Morgan fingerprint density at radius 1 is 1.47 bits per heavy atom. The predicted octanol–water partition coefficient (Wildman–Crippen LogP) is 2.82. The number of carbonyl (C=O) groups is 1. The second-order valence-corrected chi connectivity index (χ2v) is 4.66. The van der Waals surface area contributed by atoms with Gasteiger partial charge in [-0.2, -0.15) is 0 Å². The van der Waals surface area contributed by atoms with Crippen molar-refractivity contribution < 1.29 is 9.53 Å². The van der Waals surface area contributed by atoms with Crippen molar-refractivity contribution in [2.45, 2.75) is 25.3 Å². The van der Waals surface area contributed by atoms with Gasteiger partial charge in [0, 0.05) is 22.5 Å². The molecule has 0 aliphatic carbocycles. The molecule has 0 fully saturated rings. The van der Waals surface area contributed by atoms with Gasteiger partial charge in [0.05, 0.1) is 7.11 Å². The molecule has 17 heavy (non-hydrogen) atoms. The van der Waals surface area contributed by atoms with E-state index < -0.39 is 0 Å². The van der Waals surface area contributed by atoms with Gasteiger partial charge in [-0.3, -0.25) is 4.79 Å². The number of carbonyl (C=O) groups excluding carboxylic acids is 1. The molecular formula is C12H15Cl2NO2. The summed E-state index contributed by atoms with van der Waals surface area (Å²) in [5.74, 6) is -0.248. The van der Waals surface area contributed by atoms with E-state index in [1.165, 1.54) is 7.11 Å². The van der Waals surface area contributed by atoms with Gasteiger partial charge in [0.2, 0.25) is 0 Å². The number of ether oxygens (including phenoxy) is 1. The van der Waals surface area contributed by atoms with Crippen molar-refractivity contribution in [1.29, 1.82) is 0 Å². The number of esters is 1. The molecular weight excluding hydrogens is 261 g/mol. The maximum Gasteiger partial charge on any atom is 0.305 e. The molecule has 1 atom stereocenters. The zero-order valence-electron chi connectivity index (χ0n) is 9.58. The van der Waals surface area contributed by atoms with Crippen molar-refractivity contribution in [1.82, 2.24) is 0 Å². The fourth-order valence-electron chi connectivity index (χ4n) is 1.48. The molecule has 1 aromatic carbocycles. The lowest BCUT2D eigenvalue weighted by atomic mass is 10.0. The number of rotatable bonds is 5. The SMILES string of the molecule is COC(=O)CCC(N)Cc1ccc(Cl)cc1Cl. The Labute approximate surface area is 111 Å². The minimum absolute atomic E-state index is 0.118. The molecule has 1 unspecified atom stereocenters. The largest absolute Gasteiger partial charge is 0.469 e. The Bertz CT molecular complexity index is 396. The lowest BCUT2D eigenvalue weighted by Gasteiger charge is -2.12. The van der Waals surface area contributed by atoms with Gasteiger partial charge >= 0.3 is 5.97 Å². The van der Waals surface area contributed by atoms with Gasteiger partial charge in [-0.25, -0.2) is 0 Å². The predicted molar refractivity (Wildman–Crippen MR) is 69.4 cm³/mol. The topological polar surface area (TPSA) is 52.3 Å². The number of hydrogen-bond acceptors (Lipinski definition) is 3. The van der Waals surface area contributed by atoms with Crippen molar-refractivity contribution in [3.8, 4) is 0 Å². The first-order chi connectivity index (χ1) is 8.02. The Kier molecular flexibility index (Phi) is 5.75. The second kappa shape index (κ2) is 6.84. The summed E-state index contributed by atoms with van der Waals surface area (Å²) in [4.78, 5) is 11.0. The van der Waals surface area contributed by atoms with E-state index in [1.54, 1.807) is 12.1 Å². The average molecular weight is 276 g/mol. The van der Waals surface area contributed by atoms with Gasteiger partial charge in [0.25, 0.3) is 0 Å². The first-order valence-corrected chi connectivity index (χ1v) is 6.05. The fraction of sp³-hybridized carbons (Fsp3) is 0.417. The van der Waals surface area contributed by atoms with E-state index >= 15 is 0 Å². The van der Waals surface area contributed by atoms with Crippen LogP contribution < -0.4 is 5.73 Å². The Morgan fingerprint density at radius 3 is 2.76 bits per heavy atom. The van der Waals surface area contributed by atoms with Crippen LogP contribution in [0.1, 0.15) is 18.4 Å². The highest BCUT2D eigenvalue weighted by atomic mass is 35.5. The van der Waals surface area contributed by atoms with E-state index in [-0.39, 0.29) is 12.0 Å². The summed E-state index contributed by atoms with van der Waals surface area (Å²) in [5, 5.41) is 1.20. The number of hydrogen-bond donors (Lipinski definition) is 1. The van der Waals surface area contributed by atoms with Gasteiger partial charge in [-0.05, 0) is 30.5 Å².